The van der Waals surface area contributed by atoms with E-state index in [4.69, 9.17) is 23.2 Å². The van der Waals surface area contributed by atoms with Crippen LogP contribution < -0.4 is 0 Å². The molecule has 1 spiro atoms. The van der Waals surface area contributed by atoms with Crippen LogP contribution in [0.25, 0.3) is 22.3 Å². The lowest BCUT2D eigenvalue weighted by molar-refractivity contribution is 1.37. The fraction of sp³-hybridized carbons (Fsp3) is 0. The Balaban J connectivity index is 1.86. The molecule has 0 atom stereocenters. The van der Waals surface area contributed by atoms with Crippen molar-refractivity contribution in [1.82, 2.24) is 0 Å². The summed E-state index contributed by atoms with van der Waals surface area (Å²) in [6, 6.07) is 30.3. The van der Waals surface area contributed by atoms with Gasteiger partial charge in [0.25, 0.3) is 0 Å². The summed E-state index contributed by atoms with van der Waals surface area (Å²) in [5.74, 6) is 0. The van der Waals surface area contributed by atoms with E-state index in [9.17, 15) is 0 Å². The van der Waals surface area contributed by atoms with Gasteiger partial charge in [-0.1, -0.05) is 59.6 Å². The van der Waals surface area contributed by atoms with E-state index < -0.39 is 10.0 Å². The van der Waals surface area contributed by atoms with Crippen LogP contribution in [-0.2, 0) is 0 Å². The Morgan fingerprint density at radius 3 is 1.33 bits per heavy atom. The smallest absolute Gasteiger partial charge is 0.0412 e. The molecule has 0 N–H and O–H groups in total. The highest BCUT2D eigenvalue weighted by atomic mass is 35.5. The lowest BCUT2D eigenvalue weighted by Crippen LogP contribution is -1.97. The van der Waals surface area contributed by atoms with Gasteiger partial charge in [0.15, 0.2) is 0 Å². The van der Waals surface area contributed by atoms with Crippen molar-refractivity contribution in [3.05, 3.63) is 95.0 Å². The zero-order valence-corrected chi connectivity index (χ0v) is 16.6. The van der Waals surface area contributed by atoms with E-state index in [0.29, 0.717) is 0 Å². The zero-order chi connectivity index (χ0) is 18.2. The maximum absolute atomic E-state index is 6.40. The highest BCUT2D eigenvalue weighted by molar-refractivity contribution is 8.34. The van der Waals surface area contributed by atoms with Crippen LogP contribution in [0.2, 0.25) is 10.0 Å². The average molecular weight is 405 g/mol. The number of fused-ring (bicyclic) bond motifs is 10. The van der Waals surface area contributed by atoms with Crippen LogP contribution in [0.1, 0.15) is 0 Å². The van der Waals surface area contributed by atoms with Gasteiger partial charge >= 0.3 is 0 Å². The largest absolute Gasteiger partial charge is 0.130 e. The van der Waals surface area contributed by atoms with E-state index in [1.807, 2.05) is 12.1 Å². The van der Waals surface area contributed by atoms with Crippen molar-refractivity contribution in [3.8, 4) is 22.3 Å². The molecule has 0 fully saturated rings. The molecule has 27 heavy (non-hydrogen) atoms. The summed E-state index contributed by atoms with van der Waals surface area (Å²) in [6.07, 6.45) is 0. The van der Waals surface area contributed by atoms with Gasteiger partial charge in [-0.3, -0.25) is 0 Å². The van der Waals surface area contributed by atoms with Crippen molar-refractivity contribution in [1.29, 1.82) is 0 Å². The summed E-state index contributed by atoms with van der Waals surface area (Å²) in [7, 11) is -1.51. The van der Waals surface area contributed by atoms with Crippen LogP contribution in [0, 0.1) is 0 Å². The van der Waals surface area contributed by atoms with E-state index >= 15 is 0 Å². The predicted molar refractivity (Wildman–Crippen MR) is 114 cm³/mol. The third kappa shape index (κ3) is 1.87. The van der Waals surface area contributed by atoms with Crippen LogP contribution in [0.4, 0.5) is 0 Å². The first-order chi connectivity index (χ1) is 13.2. The lowest BCUT2D eigenvalue weighted by atomic mass is 10.1. The van der Waals surface area contributed by atoms with E-state index in [0.717, 1.165) is 10.0 Å². The van der Waals surface area contributed by atoms with Crippen molar-refractivity contribution in [2.75, 3.05) is 0 Å². The SMILES string of the molecule is Clc1ccc2c(c1)-c1ccccc1S21c2ccccc2-c2cc(Cl)ccc21. The minimum atomic E-state index is -1.51. The van der Waals surface area contributed by atoms with Crippen LogP contribution in [0.15, 0.2) is 105 Å². The summed E-state index contributed by atoms with van der Waals surface area (Å²) in [5.41, 5.74) is 5.10. The molecule has 0 aliphatic carbocycles. The molecule has 3 heteroatoms. The van der Waals surface area contributed by atoms with Gasteiger partial charge in [-0.25, -0.2) is 0 Å². The normalized spacial score (nSPS) is 15.8. The second-order valence-electron chi connectivity index (χ2n) is 6.89. The van der Waals surface area contributed by atoms with Gasteiger partial charge < -0.3 is 0 Å². The second kappa shape index (κ2) is 5.42. The maximum Gasteiger partial charge on any atom is 0.0412 e. The minimum Gasteiger partial charge on any atom is -0.130 e. The highest BCUT2D eigenvalue weighted by Gasteiger charge is 2.47. The van der Waals surface area contributed by atoms with Crippen LogP contribution >= 0.6 is 33.2 Å². The molecule has 130 valence electrons. The van der Waals surface area contributed by atoms with Gasteiger partial charge in [-0.05, 0) is 70.8 Å². The van der Waals surface area contributed by atoms with Gasteiger partial charge in [-0.2, -0.15) is 0 Å². The van der Waals surface area contributed by atoms with E-state index in [2.05, 4.69) is 72.8 Å². The molecule has 2 aliphatic rings. The van der Waals surface area contributed by atoms with Crippen LogP contribution in [-0.4, -0.2) is 0 Å². The first-order valence-electron chi connectivity index (χ1n) is 8.83. The molecule has 0 saturated carbocycles. The number of benzene rings is 4. The molecule has 0 aromatic heterocycles. The molecule has 0 nitrogen and oxygen atoms in total. The maximum atomic E-state index is 6.40. The Bertz CT molecular complexity index is 1160. The van der Waals surface area contributed by atoms with Crippen molar-refractivity contribution >= 4 is 33.2 Å². The number of hydrogen-bond acceptors (Lipinski definition) is 0. The van der Waals surface area contributed by atoms with Gasteiger partial charge in [-0.15, -0.1) is 10.0 Å². The van der Waals surface area contributed by atoms with Gasteiger partial charge in [0.05, 0.1) is 0 Å². The molecular formula is C24H14Cl2S. The topological polar surface area (TPSA) is 0 Å². The Kier molecular flexibility index (Phi) is 3.18. The first-order valence-corrected chi connectivity index (χ1v) is 11.2. The molecule has 6 rings (SSSR count). The molecule has 2 aliphatic heterocycles. The van der Waals surface area contributed by atoms with Crippen molar-refractivity contribution in [2.24, 2.45) is 0 Å². The molecule has 0 bridgehead atoms. The summed E-state index contributed by atoms with van der Waals surface area (Å²) in [5, 5.41) is 1.56. The predicted octanol–water partition coefficient (Wildman–Crippen LogP) is 8.30. The average Bonchev–Trinajstić information content (AvgIpc) is 3.14. The highest BCUT2D eigenvalue weighted by Crippen LogP contribution is 2.84. The number of rotatable bonds is 0. The standard InChI is InChI=1S/C24H14Cl2S/c25-15-9-11-23-19(13-15)17-5-1-3-7-21(17)27(23)22-8-4-2-6-18(22)20-14-16(26)10-12-24(20)27/h1-14H. The van der Waals surface area contributed by atoms with E-state index in [1.165, 1.54) is 41.8 Å². The summed E-state index contributed by atoms with van der Waals surface area (Å²) in [6.45, 7) is 0. The number of halogens is 2. The van der Waals surface area contributed by atoms with Gasteiger partial charge in [0.1, 0.15) is 0 Å². The Morgan fingerprint density at radius 2 is 0.852 bits per heavy atom. The van der Waals surface area contributed by atoms with Crippen LogP contribution in [0.3, 0.4) is 0 Å². The molecule has 0 saturated heterocycles. The summed E-state index contributed by atoms with van der Waals surface area (Å²) >= 11 is 12.8. The van der Waals surface area contributed by atoms with Crippen molar-refractivity contribution in [3.63, 3.8) is 0 Å². The second-order valence-corrected chi connectivity index (χ2v) is 10.7. The molecular weight excluding hydrogens is 391 g/mol. The molecule has 0 amide bonds. The molecule has 2 heterocycles. The fourth-order valence-corrected chi connectivity index (χ4v) is 9.47. The zero-order valence-electron chi connectivity index (χ0n) is 14.2. The Morgan fingerprint density at radius 1 is 0.444 bits per heavy atom. The number of hydrogen-bond donors (Lipinski definition) is 0. The summed E-state index contributed by atoms with van der Waals surface area (Å²) in [4.78, 5) is 5.55. The summed E-state index contributed by atoms with van der Waals surface area (Å²) < 4.78 is 0. The van der Waals surface area contributed by atoms with Crippen molar-refractivity contribution in [2.45, 2.75) is 19.6 Å². The van der Waals surface area contributed by atoms with Gasteiger partial charge in [0.2, 0.25) is 0 Å². The van der Waals surface area contributed by atoms with E-state index in [1.54, 1.807) is 0 Å². The molecule has 0 radical (unpaired) electrons. The monoisotopic (exact) mass is 404 g/mol. The van der Waals surface area contributed by atoms with Crippen LogP contribution in [0.5, 0.6) is 0 Å². The third-order valence-corrected chi connectivity index (χ3v) is 10.1. The van der Waals surface area contributed by atoms with Gasteiger partial charge in [0, 0.05) is 29.6 Å². The molecule has 0 unspecified atom stereocenters. The first kappa shape index (κ1) is 15.8. The molecule has 4 aromatic rings. The quantitative estimate of drug-likeness (QED) is 0.238. The fourth-order valence-electron chi connectivity index (χ4n) is 4.58. The third-order valence-electron chi connectivity index (χ3n) is 5.56. The Labute approximate surface area is 169 Å². The van der Waals surface area contributed by atoms with E-state index in [-0.39, 0.29) is 0 Å². The minimum absolute atomic E-state index is 0.780. The molecule has 4 aromatic carbocycles. The lowest BCUT2D eigenvalue weighted by Gasteiger charge is -2.36. The Hall–Kier alpha value is -2.19. The van der Waals surface area contributed by atoms with Crippen molar-refractivity contribution < 1.29 is 0 Å².